The Hall–Kier alpha value is -0.920. The summed E-state index contributed by atoms with van der Waals surface area (Å²) in [5, 5.41) is 8.80. The molecule has 64 valence electrons. The van der Waals surface area contributed by atoms with Gasteiger partial charge in [0.2, 0.25) is 0 Å². The maximum atomic E-state index is 8.80. The summed E-state index contributed by atoms with van der Waals surface area (Å²) in [6.45, 7) is 1.94. The van der Waals surface area contributed by atoms with Gasteiger partial charge in [-0.05, 0) is 40.5 Å². The zero-order valence-corrected chi connectivity index (χ0v) is 9.24. The van der Waals surface area contributed by atoms with Crippen LogP contribution >= 0.6 is 27.3 Å². The zero-order chi connectivity index (χ0) is 9.42. The Morgan fingerprint density at radius 3 is 3.00 bits per heavy atom. The smallest absolute Gasteiger partial charge is 0.160 e. The van der Waals surface area contributed by atoms with Crippen LogP contribution in [0.15, 0.2) is 16.0 Å². The number of hydrogen-bond donors (Lipinski definition) is 0. The van der Waals surface area contributed by atoms with Crippen molar-refractivity contribution in [2.45, 2.75) is 6.92 Å². The maximum absolute atomic E-state index is 8.80. The second-order valence-corrected chi connectivity index (χ2v) is 5.02. The van der Waals surface area contributed by atoms with Crippen LogP contribution in [0.4, 0.5) is 0 Å². The van der Waals surface area contributed by atoms with E-state index in [4.69, 9.17) is 5.26 Å². The molecule has 0 aliphatic rings. The molecule has 1 heterocycles. The highest BCUT2D eigenvalue weighted by Crippen LogP contribution is 2.28. The number of nitriles is 1. The average molecular weight is 253 g/mol. The monoisotopic (exact) mass is 252 g/mol. The SMILES string of the molecule is Cc1cc2sc(Br)nc2cc1C#N. The third-order valence-corrected chi connectivity index (χ3v) is 3.30. The Balaban J connectivity index is 2.82. The third kappa shape index (κ3) is 1.45. The van der Waals surface area contributed by atoms with Crippen LogP contribution in [-0.4, -0.2) is 4.98 Å². The molecule has 0 aliphatic carbocycles. The number of aryl methyl sites for hydroxylation is 1. The zero-order valence-electron chi connectivity index (χ0n) is 6.84. The quantitative estimate of drug-likeness (QED) is 0.722. The number of benzene rings is 1. The molecule has 2 rings (SSSR count). The van der Waals surface area contributed by atoms with Crippen LogP contribution < -0.4 is 0 Å². The van der Waals surface area contributed by atoms with Gasteiger partial charge in [0, 0.05) is 0 Å². The van der Waals surface area contributed by atoms with E-state index < -0.39 is 0 Å². The molecule has 0 amide bonds. The van der Waals surface area contributed by atoms with Crippen molar-refractivity contribution in [3.05, 3.63) is 27.2 Å². The first kappa shape index (κ1) is 8.67. The van der Waals surface area contributed by atoms with Crippen LogP contribution in [0.3, 0.4) is 0 Å². The first-order valence-electron chi connectivity index (χ1n) is 3.67. The van der Waals surface area contributed by atoms with Gasteiger partial charge in [-0.1, -0.05) is 0 Å². The molecule has 0 atom stereocenters. The lowest BCUT2D eigenvalue weighted by molar-refractivity contribution is 1.39. The molecule has 0 fully saturated rings. The first-order chi connectivity index (χ1) is 6.20. The van der Waals surface area contributed by atoms with Crippen molar-refractivity contribution in [2.24, 2.45) is 0 Å². The molecule has 0 spiro atoms. The number of nitrogens with zero attached hydrogens (tertiary/aromatic N) is 2. The Kier molecular flexibility index (Phi) is 2.06. The largest absolute Gasteiger partial charge is 0.229 e. The predicted molar refractivity (Wildman–Crippen MR) is 56.8 cm³/mol. The van der Waals surface area contributed by atoms with E-state index in [1.54, 1.807) is 11.3 Å². The van der Waals surface area contributed by atoms with Gasteiger partial charge < -0.3 is 0 Å². The molecule has 0 unspecified atom stereocenters. The lowest BCUT2D eigenvalue weighted by atomic mass is 10.1. The molecule has 0 saturated carbocycles. The molecule has 0 saturated heterocycles. The number of aromatic nitrogens is 1. The van der Waals surface area contributed by atoms with E-state index in [9.17, 15) is 0 Å². The molecule has 0 radical (unpaired) electrons. The second-order valence-electron chi connectivity index (χ2n) is 2.71. The van der Waals surface area contributed by atoms with E-state index in [0.717, 1.165) is 19.7 Å². The Morgan fingerprint density at radius 2 is 2.31 bits per heavy atom. The molecule has 4 heteroatoms. The van der Waals surface area contributed by atoms with E-state index in [-0.39, 0.29) is 0 Å². The lowest BCUT2D eigenvalue weighted by Gasteiger charge is -1.94. The lowest BCUT2D eigenvalue weighted by Crippen LogP contribution is -1.80. The second kappa shape index (κ2) is 3.09. The Bertz CT molecular complexity index is 510. The van der Waals surface area contributed by atoms with Crippen molar-refractivity contribution in [3.8, 4) is 6.07 Å². The highest BCUT2D eigenvalue weighted by Gasteiger charge is 2.04. The summed E-state index contributed by atoms with van der Waals surface area (Å²) in [6.07, 6.45) is 0. The molecular weight excluding hydrogens is 248 g/mol. The van der Waals surface area contributed by atoms with Gasteiger partial charge in [-0.15, -0.1) is 11.3 Å². The molecule has 0 N–H and O–H groups in total. The van der Waals surface area contributed by atoms with Gasteiger partial charge in [0.05, 0.1) is 21.8 Å². The van der Waals surface area contributed by atoms with Gasteiger partial charge in [-0.2, -0.15) is 5.26 Å². The maximum Gasteiger partial charge on any atom is 0.160 e. The molecular formula is C9H5BrN2S. The molecule has 0 bridgehead atoms. The first-order valence-corrected chi connectivity index (χ1v) is 5.28. The summed E-state index contributed by atoms with van der Waals surface area (Å²) in [5.74, 6) is 0. The van der Waals surface area contributed by atoms with E-state index in [2.05, 4.69) is 27.0 Å². The number of thiazole rings is 1. The molecule has 2 nitrogen and oxygen atoms in total. The van der Waals surface area contributed by atoms with Gasteiger partial charge in [0.25, 0.3) is 0 Å². The van der Waals surface area contributed by atoms with Gasteiger partial charge in [0.15, 0.2) is 3.92 Å². The molecule has 2 aromatic rings. The van der Waals surface area contributed by atoms with Crippen molar-refractivity contribution in [3.63, 3.8) is 0 Å². The highest BCUT2D eigenvalue weighted by atomic mass is 79.9. The van der Waals surface area contributed by atoms with Gasteiger partial charge in [-0.3, -0.25) is 0 Å². The summed E-state index contributed by atoms with van der Waals surface area (Å²) in [6, 6.07) is 5.97. The number of hydrogen-bond acceptors (Lipinski definition) is 3. The summed E-state index contributed by atoms with van der Waals surface area (Å²) in [5.41, 5.74) is 2.59. The summed E-state index contributed by atoms with van der Waals surface area (Å²) in [4.78, 5) is 4.25. The average Bonchev–Trinajstić information content (AvgIpc) is 2.42. The number of halogens is 1. The van der Waals surface area contributed by atoms with Gasteiger partial charge in [-0.25, -0.2) is 4.98 Å². The number of fused-ring (bicyclic) bond motifs is 1. The van der Waals surface area contributed by atoms with Crippen LogP contribution in [0.5, 0.6) is 0 Å². The van der Waals surface area contributed by atoms with E-state index in [1.807, 2.05) is 19.1 Å². The fraction of sp³-hybridized carbons (Fsp3) is 0.111. The van der Waals surface area contributed by atoms with E-state index >= 15 is 0 Å². The summed E-state index contributed by atoms with van der Waals surface area (Å²) < 4.78 is 1.97. The van der Waals surface area contributed by atoms with Crippen LogP contribution in [0.1, 0.15) is 11.1 Å². The third-order valence-electron chi connectivity index (χ3n) is 1.83. The van der Waals surface area contributed by atoms with Crippen LogP contribution in [-0.2, 0) is 0 Å². The van der Waals surface area contributed by atoms with Crippen molar-refractivity contribution >= 4 is 37.5 Å². The van der Waals surface area contributed by atoms with Crippen LogP contribution in [0.2, 0.25) is 0 Å². The fourth-order valence-corrected chi connectivity index (χ4v) is 2.65. The van der Waals surface area contributed by atoms with E-state index in [0.29, 0.717) is 5.56 Å². The summed E-state index contributed by atoms with van der Waals surface area (Å²) >= 11 is 4.90. The van der Waals surface area contributed by atoms with Crippen molar-refractivity contribution in [1.29, 1.82) is 5.26 Å². The molecule has 1 aromatic heterocycles. The Morgan fingerprint density at radius 1 is 1.54 bits per heavy atom. The van der Waals surface area contributed by atoms with Crippen molar-refractivity contribution in [2.75, 3.05) is 0 Å². The van der Waals surface area contributed by atoms with Crippen LogP contribution in [0.25, 0.3) is 10.2 Å². The normalized spacial score (nSPS) is 10.2. The Labute approximate surface area is 88.0 Å². The van der Waals surface area contributed by atoms with Gasteiger partial charge >= 0.3 is 0 Å². The predicted octanol–water partition coefficient (Wildman–Crippen LogP) is 3.24. The topological polar surface area (TPSA) is 36.7 Å². The minimum atomic E-state index is 0.699. The molecule has 0 aliphatic heterocycles. The highest BCUT2D eigenvalue weighted by molar-refractivity contribution is 9.11. The minimum Gasteiger partial charge on any atom is -0.229 e. The number of rotatable bonds is 0. The molecule has 1 aromatic carbocycles. The minimum absolute atomic E-state index is 0.699. The van der Waals surface area contributed by atoms with Crippen molar-refractivity contribution in [1.82, 2.24) is 4.98 Å². The van der Waals surface area contributed by atoms with Gasteiger partial charge in [0.1, 0.15) is 0 Å². The van der Waals surface area contributed by atoms with E-state index in [1.165, 1.54) is 0 Å². The standard InChI is InChI=1S/C9H5BrN2S/c1-5-2-8-7(3-6(5)4-11)12-9(10)13-8/h2-3H,1H3. The summed E-state index contributed by atoms with van der Waals surface area (Å²) in [7, 11) is 0. The van der Waals surface area contributed by atoms with Crippen LogP contribution in [0, 0.1) is 18.3 Å². The fourth-order valence-electron chi connectivity index (χ4n) is 1.17. The van der Waals surface area contributed by atoms with Crippen molar-refractivity contribution < 1.29 is 0 Å². The molecule has 13 heavy (non-hydrogen) atoms.